The molecule has 0 fully saturated rings. The van der Waals surface area contributed by atoms with E-state index in [0.29, 0.717) is 18.9 Å². The SMILES string of the molecule is O=S(=O)(O)CCCn1cnc2cc(-c3ccc4nc(-c5ccccc5)n(CCCS(=O)(=O)O)c4c3)ccc21. The Morgan fingerprint density at radius 3 is 2.05 bits per heavy atom. The van der Waals surface area contributed by atoms with E-state index in [4.69, 9.17) is 9.54 Å². The quantitative estimate of drug-likeness (QED) is 0.244. The molecule has 10 nitrogen and oxygen atoms in total. The second-order valence-corrected chi connectivity index (χ2v) is 12.2. The van der Waals surface area contributed by atoms with Crippen LogP contribution in [0.5, 0.6) is 0 Å². The number of imidazole rings is 2. The van der Waals surface area contributed by atoms with E-state index in [1.807, 2.05) is 75.9 Å². The Morgan fingerprint density at radius 2 is 1.34 bits per heavy atom. The average Bonchev–Trinajstić information content (AvgIpc) is 3.44. The molecule has 5 rings (SSSR count). The molecule has 12 heteroatoms. The van der Waals surface area contributed by atoms with Crippen LogP contribution in [0.2, 0.25) is 0 Å². The van der Waals surface area contributed by atoms with Gasteiger partial charge in [-0.25, -0.2) is 9.97 Å². The number of hydrogen-bond donors (Lipinski definition) is 2. The summed E-state index contributed by atoms with van der Waals surface area (Å²) in [6, 6.07) is 21.4. The summed E-state index contributed by atoms with van der Waals surface area (Å²) in [6.07, 6.45) is 2.15. The molecule has 38 heavy (non-hydrogen) atoms. The maximum Gasteiger partial charge on any atom is 0.264 e. The van der Waals surface area contributed by atoms with Crippen LogP contribution in [0.4, 0.5) is 0 Å². The van der Waals surface area contributed by atoms with E-state index in [2.05, 4.69) is 4.98 Å². The van der Waals surface area contributed by atoms with Gasteiger partial charge in [-0.2, -0.15) is 16.8 Å². The van der Waals surface area contributed by atoms with Gasteiger partial charge in [-0.15, -0.1) is 0 Å². The molecule has 3 aromatic carbocycles. The van der Waals surface area contributed by atoms with Crippen molar-refractivity contribution in [3.63, 3.8) is 0 Å². The molecule has 0 bridgehead atoms. The topological polar surface area (TPSA) is 144 Å². The molecule has 0 saturated heterocycles. The first-order chi connectivity index (χ1) is 18.1. The molecular formula is C26H26N4O6S2. The molecule has 0 radical (unpaired) electrons. The molecule has 0 aliphatic rings. The number of fused-ring (bicyclic) bond motifs is 2. The van der Waals surface area contributed by atoms with Gasteiger partial charge in [0.15, 0.2) is 0 Å². The fourth-order valence-corrected chi connectivity index (χ4v) is 5.57. The highest BCUT2D eigenvalue weighted by atomic mass is 32.2. The third-order valence-corrected chi connectivity index (χ3v) is 7.93. The number of aryl methyl sites for hydroxylation is 2. The minimum atomic E-state index is -4.08. The minimum absolute atomic E-state index is 0.231. The highest BCUT2D eigenvalue weighted by Gasteiger charge is 2.15. The van der Waals surface area contributed by atoms with Gasteiger partial charge in [-0.1, -0.05) is 42.5 Å². The molecule has 2 N–H and O–H groups in total. The first-order valence-electron chi connectivity index (χ1n) is 12.0. The van der Waals surface area contributed by atoms with Crippen molar-refractivity contribution in [2.24, 2.45) is 0 Å². The maximum atomic E-state index is 11.3. The lowest BCUT2D eigenvalue weighted by molar-refractivity contribution is 0.476. The molecule has 2 aromatic heterocycles. The highest BCUT2D eigenvalue weighted by molar-refractivity contribution is 7.86. The summed E-state index contributed by atoms with van der Waals surface area (Å²) in [4.78, 5) is 9.27. The minimum Gasteiger partial charge on any atom is -0.331 e. The molecule has 5 aromatic rings. The number of benzene rings is 3. The van der Waals surface area contributed by atoms with Crippen molar-refractivity contribution in [1.82, 2.24) is 19.1 Å². The van der Waals surface area contributed by atoms with Crippen LogP contribution in [0.1, 0.15) is 12.8 Å². The number of nitrogens with zero attached hydrogens (tertiary/aromatic N) is 4. The smallest absolute Gasteiger partial charge is 0.264 e. The van der Waals surface area contributed by atoms with Gasteiger partial charge >= 0.3 is 0 Å². The van der Waals surface area contributed by atoms with Crippen molar-refractivity contribution in [1.29, 1.82) is 0 Å². The molecule has 0 aliphatic carbocycles. The summed E-state index contributed by atoms with van der Waals surface area (Å²) in [6.45, 7) is 0.767. The average molecular weight is 555 g/mol. The molecule has 0 unspecified atom stereocenters. The zero-order valence-corrected chi connectivity index (χ0v) is 21.9. The van der Waals surface area contributed by atoms with Crippen molar-refractivity contribution in [2.75, 3.05) is 11.5 Å². The van der Waals surface area contributed by atoms with Gasteiger partial charge in [-0.05, 0) is 48.2 Å². The summed E-state index contributed by atoms with van der Waals surface area (Å²) in [5.41, 5.74) is 5.97. The van der Waals surface area contributed by atoms with E-state index in [-0.39, 0.29) is 24.3 Å². The standard InChI is InChI=1S/C26H26N4O6S2/c31-37(32,33)14-4-12-29-18-27-23-16-20(9-11-24(23)29)21-8-10-22-25(17-21)30(13-5-15-38(34,35)36)26(28-22)19-6-2-1-3-7-19/h1-3,6-11,16-18H,4-5,12-15H2,(H,31,32,33)(H,34,35,36). The monoisotopic (exact) mass is 554 g/mol. The summed E-state index contributed by atoms with van der Waals surface area (Å²) in [5, 5.41) is 0. The summed E-state index contributed by atoms with van der Waals surface area (Å²) < 4.78 is 66.7. The van der Waals surface area contributed by atoms with Crippen LogP contribution in [0.25, 0.3) is 44.6 Å². The molecule has 0 spiro atoms. The molecule has 2 heterocycles. The Kier molecular flexibility index (Phi) is 7.05. The molecule has 198 valence electrons. The van der Waals surface area contributed by atoms with E-state index in [0.717, 1.165) is 38.8 Å². The highest BCUT2D eigenvalue weighted by Crippen LogP contribution is 2.30. The normalized spacial score (nSPS) is 12.5. The zero-order valence-electron chi connectivity index (χ0n) is 20.3. The Hall–Kier alpha value is -3.58. The van der Waals surface area contributed by atoms with E-state index in [1.54, 1.807) is 6.33 Å². The van der Waals surface area contributed by atoms with Crippen molar-refractivity contribution >= 4 is 42.3 Å². The lowest BCUT2D eigenvalue weighted by atomic mass is 10.0. The third-order valence-electron chi connectivity index (χ3n) is 6.32. The van der Waals surface area contributed by atoms with E-state index >= 15 is 0 Å². The number of rotatable bonds is 10. The van der Waals surface area contributed by atoms with Gasteiger partial charge in [0.05, 0.1) is 39.9 Å². The van der Waals surface area contributed by atoms with Crippen LogP contribution < -0.4 is 0 Å². The van der Waals surface area contributed by atoms with E-state index in [9.17, 15) is 21.4 Å². The fourth-order valence-electron chi connectivity index (χ4n) is 4.58. The van der Waals surface area contributed by atoms with Crippen molar-refractivity contribution in [3.05, 3.63) is 73.1 Å². The summed E-state index contributed by atoms with van der Waals surface area (Å²) in [7, 11) is -8.08. The van der Waals surface area contributed by atoms with E-state index < -0.39 is 20.2 Å². The Morgan fingerprint density at radius 1 is 0.684 bits per heavy atom. The van der Waals surface area contributed by atoms with Crippen LogP contribution >= 0.6 is 0 Å². The maximum absolute atomic E-state index is 11.3. The Bertz CT molecular complexity index is 1830. The molecular weight excluding hydrogens is 528 g/mol. The molecule has 0 aliphatic heterocycles. The largest absolute Gasteiger partial charge is 0.331 e. The third kappa shape index (κ3) is 5.94. The zero-order chi connectivity index (χ0) is 26.9. The fraction of sp³-hybridized carbons (Fsp3) is 0.231. The lowest BCUT2D eigenvalue weighted by Crippen LogP contribution is -2.09. The summed E-state index contributed by atoms with van der Waals surface area (Å²) >= 11 is 0. The van der Waals surface area contributed by atoms with E-state index in [1.165, 1.54) is 0 Å². The second-order valence-electron chi connectivity index (χ2n) is 9.08. The number of hydrogen-bond acceptors (Lipinski definition) is 6. The van der Waals surface area contributed by atoms with Gasteiger partial charge in [0.2, 0.25) is 0 Å². The predicted octanol–water partition coefficient (Wildman–Crippen LogP) is 4.28. The van der Waals surface area contributed by atoms with Gasteiger partial charge in [-0.3, -0.25) is 9.11 Å². The first kappa shape index (κ1) is 26.0. The van der Waals surface area contributed by atoms with Gasteiger partial charge in [0.1, 0.15) is 5.82 Å². The molecule has 0 amide bonds. The van der Waals surface area contributed by atoms with Crippen molar-refractivity contribution < 1.29 is 25.9 Å². The van der Waals surface area contributed by atoms with Crippen LogP contribution in [-0.4, -0.2) is 56.5 Å². The summed E-state index contributed by atoms with van der Waals surface area (Å²) in [5.74, 6) is 0.0600. The predicted molar refractivity (Wildman–Crippen MR) is 146 cm³/mol. The van der Waals surface area contributed by atoms with Crippen LogP contribution in [-0.2, 0) is 33.3 Å². The first-order valence-corrected chi connectivity index (χ1v) is 15.2. The van der Waals surface area contributed by atoms with Crippen LogP contribution in [0.3, 0.4) is 0 Å². The second kappa shape index (κ2) is 10.3. The Labute approximate surface area is 220 Å². The molecule has 0 saturated carbocycles. The lowest BCUT2D eigenvalue weighted by Gasteiger charge is -2.10. The van der Waals surface area contributed by atoms with Crippen LogP contribution in [0.15, 0.2) is 73.1 Å². The van der Waals surface area contributed by atoms with Crippen molar-refractivity contribution in [3.8, 4) is 22.5 Å². The molecule has 0 atom stereocenters. The van der Waals surface area contributed by atoms with Gasteiger partial charge < -0.3 is 9.13 Å². The number of aromatic nitrogens is 4. The Balaban J connectivity index is 1.49. The van der Waals surface area contributed by atoms with Crippen molar-refractivity contribution in [2.45, 2.75) is 25.9 Å². The van der Waals surface area contributed by atoms with Gasteiger partial charge in [0.25, 0.3) is 20.2 Å². The van der Waals surface area contributed by atoms with Gasteiger partial charge in [0, 0.05) is 18.7 Å². The van der Waals surface area contributed by atoms with Crippen LogP contribution in [0, 0.1) is 0 Å².